The molecule has 4 aromatic rings. The molecule has 1 aliphatic rings. The Morgan fingerprint density at radius 1 is 1.00 bits per heavy atom. The van der Waals surface area contributed by atoms with Gasteiger partial charge in [-0.05, 0) is 106 Å². The molecule has 5 rings (SSSR count). The highest BCUT2D eigenvalue weighted by Gasteiger charge is 2.30. The van der Waals surface area contributed by atoms with Crippen molar-refractivity contribution >= 4 is 34.5 Å². The lowest BCUT2D eigenvalue weighted by Gasteiger charge is -2.29. The lowest BCUT2D eigenvalue weighted by atomic mass is 9.81. The molecule has 1 aliphatic carbocycles. The van der Waals surface area contributed by atoms with Gasteiger partial charge in [0.15, 0.2) is 0 Å². The molecule has 0 bridgehead atoms. The second-order valence-corrected chi connectivity index (χ2v) is 13.1. The molecular weight excluding hydrogens is 584 g/mol. The Hall–Kier alpha value is -4.93. The number of anilines is 1. The van der Waals surface area contributed by atoms with E-state index in [-0.39, 0.29) is 29.2 Å². The first kappa shape index (κ1) is 32.5. The minimum absolute atomic E-state index is 0.159. The SMILES string of the molecule is Cc1cnccc1-c1ccc(CC(NC(=O)C2CCC(CNC(=O)OC(C)(C)C)CC2)C(=O)Nc2ccc3c(=O)[nH][nH]c3c2)cc1. The van der Waals surface area contributed by atoms with Crippen molar-refractivity contribution in [3.63, 3.8) is 0 Å². The largest absolute Gasteiger partial charge is 0.444 e. The Morgan fingerprint density at radius 3 is 2.43 bits per heavy atom. The zero-order chi connectivity index (χ0) is 32.8. The number of carbonyl (C=O) groups excluding carboxylic acids is 3. The van der Waals surface area contributed by atoms with Crippen molar-refractivity contribution in [1.82, 2.24) is 25.8 Å². The fraction of sp³-hybridized carbons (Fsp3) is 0.400. The molecule has 2 aromatic heterocycles. The first-order valence-electron chi connectivity index (χ1n) is 15.7. The van der Waals surface area contributed by atoms with E-state index in [0.29, 0.717) is 42.4 Å². The summed E-state index contributed by atoms with van der Waals surface area (Å²) in [7, 11) is 0. The van der Waals surface area contributed by atoms with Crippen LogP contribution in [0.3, 0.4) is 0 Å². The van der Waals surface area contributed by atoms with Crippen LogP contribution in [0.4, 0.5) is 10.5 Å². The molecule has 0 saturated heterocycles. The van der Waals surface area contributed by atoms with Crippen LogP contribution < -0.4 is 21.5 Å². The fourth-order valence-electron chi connectivity index (χ4n) is 5.87. The monoisotopic (exact) mass is 626 g/mol. The van der Waals surface area contributed by atoms with Gasteiger partial charge in [-0.1, -0.05) is 24.3 Å². The van der Waals surface area contributed by atoms with Crippen molar-refractivity contribution in [1.29, 1.82) is 0 Å². The van der Waals surface area contributed by atoms with Gasteiger partial charge < -0.3 is 20.7 Å². The molecule has 2 aromatic carbocycles. The zero-order valence-electron chi connectivity index (χ0n) is 26.7. The Labute approximate surface area is 267 Å². The molecule has 0 spiro atoms. The summed E-state index contributed by atoms with van der Waals surface area (Å²) >= 11 is 0. The minimum atomic E-state index is -0.825. The van der Waals surface area contributed by atoms with Crippen molar-refractivity contribution in [2.75, 3.05) is 11.9 Å². The summed E-state index contributed by atoms with van der Waals surface area (Å²) < 4.78 is 5.33. The highest BCUT2D eigenvalue weighted by atomic mass is 16.6. The van der Waals surface area contributed by atoms with E-state index in [9.17, 15) is 19.2 Å². The van der Waals surface area contributed by atoms with Crippen molar-refractivity contribution in [3.05, 3.63) is 82.4 Å². The first-order chi connectivity index (χ1) is 21.9. The van der Waals surface area contributed by atoms with Gasteiger partial charge in [-0.25, -0.2) is 4.79 Å². The number of alkyl carbamates (subject to hydrolysis) is 1. The number of hydrogen-bond donors (Lipinski definition) is 5. The summed E-state index contributed by atoms with van der Waals surface area (Å²) in [5.41, 5.74) is 4.38. The van der Waals surface area contributed by atoms with E-state index in [1.807, 2.05) is 64.2 Å². The topological polar surface area (TPSA) is 158 Å². The van der Waals surface area contributed by atoms with Gasteiger partial charge in [0.2, 0.25) is 11.8 Å². The summed E-state index contributed by atoms with van der Waals surface area (Å²) in [6.45, 7) is 7.98. The number of aromatic amines is 2. The Bertz CT molecular complexity index is 1750. The molecule has 11 nitrogen and oxygen atoms in total. The van der Waals surface area contributed by atoms with Crippen LogP contribution in [-0.2, 0) is 20.7 Å². The van der Waals surface area contributed by atoms with Gasteiger partial charge in [0.1, 0.15) is 11.6 Å². The summed E-state index contributed by atoms with van der Waals surface area (Å²) in [5, 5.41) is 14.6. The summed E-state index contributed by atoms with van der Waals surface area (Å²) in [6.07, 6.45) is 6.35. The highest BCUT2D eigenvalue weighted by molar-refractivity contribution is 5.99. The maximum absolute atomic E-state index is 13.6. The first-order valence-corrected chi connectivity index (χ1v) is 15.7. The number of ether oxygens (including phenoxy) is 1. The highest BCUT2D eigenvalue weighted by Crippen LogP contribution is 2.29. The zero-order valence-corrected chi connectivity index (χ0v) is 26.7. The van der Waals surface area contributed by atoms with Gasteiger partial charge in [0, 0.05) is 37.0 Å². The van der Waals surface area contributed by atoms with Gasteiger partial charge in [0.05, 0.1) is 10.9 Å². The van der Waals surface area contributed by atoms with Gasteiger partial charge in [0.25, 0.3) is 5.56 Å². The predicted molar refractivity (Wildman–Crippen MR) is 177 cm³/mol. The van der Waals surface area contributed by atoms with Gasteiger partial charge in [-0.2, -0.15) is 0 Å². The van der Waals surface area contributed by atoms with Crippen LogP contribution in [0.5, 0.6) is 0 Å². The molecule has 46 heavy (non-hydrogen) atoms. The van der Waals surface area contributed by atoms with Crippen molar-refractivity contribution in [2.24, 2.45) is 11.8 Å². The Kier molecular flexibility index (Phi) is 9.89. The number of benzene rings is 2. The second kappa shape index (κ2) is 14.0. The number of pyridine rings is 1. The number of hydrogen-bond acceptors (Lipinski definition) is 6. The molecule has 2 heterocycles. The Balaban J connectivity index is 1.25. The number of rotatable bonds is 9. The molecule has 3 amide bonds. The number of aryl methyl sites for hydroxylation is 1. The number of nitrogens with zero attached hydrogens (tertiary/aromatic N) is 1. The molecule has 242 valence electrons. The molecule has 0 aliphatic heterocycles. The lowest BCUT2D eigenvalue weighted by molar-refractivity contribution is -0.130. The molecule has 5 N–H and O–H groups in total. The van der Waals surface area contributed by atoms with Crippen LogP contribution in [0, 0.1) is 18.8 Å². The maximum atomic E-state index is 13.6. The van der Waals surface area contributed by atoms with Crippen molar-refractivity contribution < 1.29 is 19.1 Å². The van der Waals surface area contributed by atoms with Crippen molar-refractivity contribution in [2.45, 2.75) is 71.4 Å². The van der Waals surface area contributed by atoms with E-state index in [1.165, 1.54) is 0 Å². The van der Waals surface area contributed by atoms with Crippen molar-refractivity contribution in [3.8, 4) is 11.1 Å². The van der Waals surface area contributed by atoms with Crippen LogP contribution >= 0.6 is 0 Å². The van der Waals surface area contributed by atoms with E-state index in [4.69, 9.17) is 4.74 Å². The number of carbonyl (C=O) groups is 3. The molecule has 1 saturated carbocycles. The lowest BCUT2D eigenvalue weighted by Crippen LogP contribution is -2.48. The average molecular weight is 627 g/mol. The van der Waals surface area contributed by atoms with E-state index in [1.54, 1.807) is 24.4 Å². The van der Waals surface area contributed by atoms with E-state index in [0.717, 1.165) is 35.1 Å². The number of nitrogens with one attached hydrogen (secondary N) is 5. The Morgan fingerprint density at radius 2 is 1.74 bits per heavy atom. The van der Waals surface area contributed by atoms with Gasteiger partial charge in [-0.3, -0.25) is 29.6 Å². The quantitative estimate of drug-likeness (QED) is 0.171. The maximum Gasteiger partial charge on any atom is 0.407 e. The van der Waals surface area contributed by atoms with Crippen LogP contribution in [0.25, 0.3) is 22.0 Å². The number of H-pyrrole nitrogens is 2. The molecule has 1 atom stereocenters. The third-order valence-electron chi connectivity index (χ3n) is 8.35. The standard InChI is InChI=1S/C35H42N6O5/c1-21-19-36-16-15-27(21)24-9-5-22(6-10-24)17-30(33(44)38-26-13-14-28-29(18-26)40-41-32(28)43)39-31(42)25-11-7-23(8-12-25)20-37-34(45)46-35(2,3)4/h5-6,9-10,13-16,18-19,23,25,30H,7-8,11-12,17,20H2,1-4H3,(H,37,45)(H,38,44)(H,39,42)(H2,40,41,43). The molecule has 1 unspecified atom stereocenters. The minimum Gasteiger partial charge on any atom is -0.444 e. The number of fused-ring (bicyclic) bond motifs is 1. The summed E-state index contributed by atoms with van der Waals surface area (Å²) in [5.74, 6) is -0.484. The van der Waals surface area contributed by atoms with Crippen LogP contribution in [0.1, 0.15) is 57.6 Å². The molecule has 1 fully saturated rings. The number of amides is 3. The number of aromatic nitrogens is 3. The van der Waals surface area contributed by atoms with E-state index < -0.39 is 17.7 Å². The molecule has 11 heteroatoms. The molecule has 0 radical (unpaired) electrons. The fourth-order valence-corrected chi connectivity index (χ4v) is 5.87. The smallest absolute Gasteiger partial charge is 0.407 e. The van der Waals surface area contributed by atoms with Gasteiger partial charge in [-0.15, -0.1) is 0 Å². The van der Waals surface area contributed by atoms with Crippen LogP contribution in [0.15, 0.2) is 65.7 Å². The predicted octanol–water partition coefficient (Wildman–Crippen LogP) is 5.22. The van der Waals surface area contributed by atoms with Crippen LogP contribution in [-0.4, -0.2) is 51.3 Å². The normalized spacial score (nSPS) is 17.2. The third kappa shape index (κ3) is 8.41. The van der Waals surface area contributed by atoms with E-state index >= 15 is 0 Å². The molecular formula is C35H42N6O5. The summed E-state index contributed by atoms with van der Waals surface area (Å²) in [4.78, 5) is 55.3. The second-order valence-electron chi connectivity index (χ2n) is 13.1. The van der Waals surface area contributed by atoms with E-state index in [2.05, 4.69) is 31.1 Å². The average Bonchev–Trinajstić information content (AvgIpc) is 3.39. The van der Waals surface area contributed by atoms with Crippen LogP contribution in [0.2, 0.25) is 0 Å². The summed E-state index contributed by atoms with van der Waals surface area (Å²) in [6, 6.07) is 14.1. The van der Waals surface area contributed by atoms with Gasteiger partial charge >= 0.3 is 6.09 Å². The third-order valence-corrected chi connectivity index (χ3v) is 8.35.